The van der Waals surface area contributed by atoms with Crippen molar-refractivity contribution in [3.05, 3.63) is 56.6 Å². The number of rotatable bonds is 1. The van der Waals surface area contributed by atoms with E-state index < -0.39 is 5.92 Å². The van der Waals surface area contributed by atoms with Gasteiger partial charge in [0.15, 0.2) is 5.78 Å². The van der Waals surface area contributed by atoms with Crippen LogP contribution in [0.4, 0.5) is 0 Å². The van der Waals surface area contributed by atoms with Crippen molar-refractivity contribution < 1.29 is 9.53 Å². The molecule has 0 saturated heterocycles. The van der Waals surface area contributed by atoms with Crippen molar-refractivity contribution in [2.24, 2.45) is 11.1 Å². The molecule has 1 aliphatic carbocycles. The lowest BCUT2D eigenvalue weighted by Gasteiger charge is -2.37. The van der Waals surface area contributed by atoms with E-state index in [0.29, 0.717) is 39.8 Å². The number of carbonyl (C=O) groups excluding carboxylic acids is 1. The fraction of sp³-hybridized carbons (Fsp3) is 0.333. The number of ether oxygens (including phenoxy) is 1. The van der Waals surface area contributed by atoms with E-state index in [0.717, 1.165) is 0 Å². The monoisotopic (exact) mass is 362 g/mol. The first-order chi connectivity index (χ1) is 11.2. The molecule has 0 fully saturated rings. The van der Waals surface area contributed by atoms with Crippen LogP contribution in [0, 0.1) is 16.7 Å². The Labute approximate surface area is 150 Å². The maximum Gasteiger partial charge on any atom is 0.205 e. The largest absolute Gasteiger partial charge is 0.444 e. The number of allylic oxidation sites excluding steroid dienone is 3. The molecule has 0 saturated carbocycles. The van der Waals surface area contributed by atoms with Crippen molar-refractivity contribution in [3.8, 4) is 6.07 Å². The third kappa shape index (κ3) is 2.79. The molecule has 0 bridgehead atoms. The fourth-order valence-corrected chi connectivity index (χ4v) is 3.62. The van der Waals surface area contributed by atoms with Crippen molar-refractivity contribution in [3.63, 3.8) is 0 Å². The summed E-state index contributed by atoms with van der Waals surface area (Å²) >= 11 is 12.1. The van der Waals surface area contributed by atoms with Crippen LogP contribution in [0.1, 0.15) is 38.2 Å². The van der Waals surface area contributed by atoms with Crippen LogP contribution in [0.3, 0.4) is 0 Å². The molecule has 2 aliphatic rings. The van der Waals surface area contributed by atoms with E-state index in [4.69, 9.17) is 33.7 Å². The van der Waals surface area contributed by atoms with Gasteiger partial charge < -0.3 is 10.5 Å². The molecule has 0 aromatic heterocycles. The van der Waals surface area contributed by atoms with E-state index in [1.54, 1.807) is 18.2 Å². The SMILES string of the molecule is CC1(C)CC(=O)C2=C(C1)OC(N)=C(C#N)[C@@H]2c1ccc(Cl)c(Cl)c1. The summed E-state index contributed by atoms with van der Waals surface area (Å²) in [6, 6.07) is 7.15. The summed E-state index contributed by atoms with van der Waals surface area (Å²) in [5.74, 6) is -0.0173. The minimum Gasteiger partial charge on any atom is -0.444 e. The molecule has 6 heteroatoms. The van der Waals surface area contributed by atoms with Gasteiger partial charge in [-0.3, -0.25) is 4.79 Å². The summed E-state index contributed by atoms with van der Waals surface area (Å²) in [6.45, 7) is 4.01. The third-order valence-corrected chi connectivity index (χ3v) is 5.09. The van der Waals surface area contributed by atoms with Gasteiger partial charge in [0.2, 0.25) is 5.88 Å². The van der Waals surface area contributed by atoms with E-state index in [9.17, 15) is 10.1 Å². The quantitative estimate of drug-likeness (QED) is 0.800. The minimum atomic E-state index is -0.572. The average molecular weight is 363 g/mol. The molecule has 1 aromatic carbocycles. The maximum atomic E-state index is 12.8. The van der Waals surface area contributed by atoms with E-state index in [1.807, 2.05) is 13.8 Å². The zero-order valence-electron chi connectivity index (χ0n) is 13.3. The van der Waals surface area contributed by atoms with Crippen molar-refractivity contribution >= 4 is 29.0 Å². The lowest BCUT2D eigenvalue weighted by molar-refractivity contribution is -0.119. The highest BCUT2D eigenvalue weighted by Crippen LogP contribution is 2.48. The molecule has 0 spiro atoms. The molecule has 0 unspecified atom stereocenters. The standard InChI is InChI=1S/C18H16Cl2N2O2/c1-18(2)6-13(23)16-14(7-18)24-17(22)10(8-21)15(16)9-3-4-11(19)12(20)5-9/h3-5,15H,6-7,22H2,1-2H3/t15-/m0/s1. The molecular formula is C18H16Cl2N2O2. The Kier molecular flexibility index (Phi) is 4.11. The van der Waals surface area contributed by atoms with Crippen molar-refractivity contribution in [2.75, 3.05) is 0 Å². The molecular weight excluding hydrogens is 347 g/mol. The van der Waals surface area contributed by atoms with Gasteiger partial charge in [0, 0.05) is 18.4 Å². The van der Waals surface area contributed by atoms with Crippen molar-refractivity contribution in [2.45, 2.75) is 32.6 Å². The highest BCUT2D eigenvalue weighted by molar-refractivity contribution is 6.42. The Bertz CT molecular complexity index is 847. The lowest BCUT2D eigenvalue weighted by Crippen LogP contribution is -2.33. The number of Topliss-reactive ketones (excluding diaryl/α,β-unsaturated/α-hetero) is 1. The summed E-state index contributed by atoms with van der Waals surface area (Å²) < 4.78 is 5.64. The number of halogens is 2. The highest BCUT2D eigenvalue weighted by atomic mass is 35.5. The van der Waals surface area contributed by atoms with Crippen LogP contribution in [-0.4, -0.2) is 5.78 Å². The van der Waals surface area contributed by atoms with E-state index in [1.165, 1.54) is 0 Å². The van der Waals surface area contributed by atoms with E-state index in [2.05, 4.69) is 6.07 Å². The zero-order chi connectivity index (χ0) is 17.6. The molecule has 124 valence electrons. The smallest absolute Gasteiger partial charge is 0.205 e. The van der Waals surface area contributed by atoms with Gasteiger partial charge >= 0.3 is 0 Å². The molecule has 1 aliphatic heterocycles. The van der Waals surface area contributed by atoms with Crippen LogP contribution in [0.15, 0.2) is 41.0 Å². The van der Waals surface area contributed by atoms with Crippen LogP contribution in [-0.2, 0) is 9.53 Å². The van der Waals surface area contributed by atoms with Crippen LogP contribution in [0.2, 0.25) is 10.0 Å². The molecule has 0 radical (unpaired) electrons. The Hall–Kier alpha value is -1.96. The molecule has 2 N–H and O–H groups in total. The van der Waals surface area contributed by atoms with Crippen LogP contribution in [0.25, 0.3) is 0 Å². The highest BCUT2D eigenvalue weighted by Gasteiger charge is 2.42. The normalized spacial score (nSPS) is 22.8. The number of hydrogen-bond donors (Lipinski definition) is 1. The average Bonchev–Trinajstić information content (AvgIpc) is 2.47. The zero-order valence-corrected chi connectivity index (χ0v) is 14.8. The van der Waals surface area contributed by atoms with E-state index in [-0.39, 0.29) is 22.7 Å². The van der Waals surface area contributed by atoms with Gasteiger partial charge in [0.25, 0.3) is 0 Å². The first kappa shape index (κ1) is 16.9. The topological polar surface area (TPSA) is 76.1 Å². The fourth-order valence-electron chi connectivity index (χ4n) is 3.31. The summed E-state index contributed by atoms with van der Waals surface area (Å²) in [6.07, 6.45) is 0.983. The van der Waals surface area contributed by atoms with E-state index >= 15 is 0 Å². The Morgan fingerprint density at radius 3 is 2.62 bits per heavy atom. The van der Waals surface area contributed by atoms with Crippen molar-refractivity contribution in [1.82, 2.24) is 0 Å². The van der Waals surface area contributed by atoms with Crippen LogP contribution in [0.5, 0.6) is 0 Å². The minimum absolute atomic E-state index is 0.0300. The number of nitriles is 1. The Balaban J connectivity index is 2.20. The number of hydrogen-bond acceptors (Lipinski definition) is 4. The summed E-state index contributed by atoms with van der Waals surface area (Å²) in [5, 5.41) is 10.3. The predicted octanol–water partition coefficient (Wildman–Crippen LogP) is 4.44. The van der Waals surface area contributed by atoms with Gasteiger partial charge in [-0.05, 0) is 23.1 Å². The third-order valence-electron chi connectivity index (χ3n) is 4.35. The number of nitrogens with two attached hydrogens (primary N) is 1. The number of carbonyl (C=O) groups is 1. The van der Waals surface area contributed by atoms with Crippen LogP contribution < -0.4 is 5.73 Å². The molecule has 3 rings (SSSR count). The number of ketones is 1. The number of nitrogens with zero attached hydrogens (tertiary/aromatic N) is 1. The molecule has 24 heavy (non-hydrogen) atoms. The molecule has 1 heterocycles. The first-order valence-electron chi connectivity index (χ1n) is 7.52. The number of benzene rings is 1. The predicted molar refractivity (Wildman–Crippen MR) is 92.2 cm³/mol. The Morgan fingerprint density at radius 1 is 1.29 bits per heavy atom. The lowest BCUT2D eigenvalue weighted by atomic mass is 9.70. The van der Waals surface area contributed by atoms with Gasteiger partial charge in [-0.15, -0.1) is 0 Å². The second kappa shape index (κ2) is 5.84. The van der Waals surface area contributed by atoms with Gasteiger partial charge in [-0.1, -0.05) is 43.1 Å². The molecule has 1 aromatic rings. The molecule has 0 amide bonds. The summed E-state index contributed by atoms with van der Waals surface area (Å²) in [7, 11) is 0. The van der Waals surface area contributed by atoms with Gasteiger partial charge in [-0.2, -0.15) is 5.26 Å². The maximum absolute atomic E-state index is 12.8. The first-order valence-corrected chi connectivity index (χ1v) is 8.28. The summed E-state index contributed by atoms with van der Waals surface area (Å²) in [5.41, 5.74) is 7.17. The van der Waals surface area contributed by atoms with Crippen molar-refractivity contribution in [1.29, 1.82) is 5.26 Å². The summed E-state index contributed by atoms with van der Waals surface area (Å²) in [4.78, 5) is 12.8. The second-order valence-electron chi connectivity index (χ2n) is 6.88. The van der Waals surface area contributed by atoms with Gasteiger partial charge in [-0.25, -0.2) is 0 Å². The second-order valence-corrected chi connectivity index (χ2v) is 7.69. The molecule has 4 nitrogen and oxygen atoms in total. The van der Waals surface area contributed by atoms with Crippen LogP contribution >= 0.6 is 23.2 Å². The Morgan fingerprint density at radius 2 is 2.00 bits per heavy atom. The van der Waals surface area contributed by atoms with Gasteiger partial charge in [0.05, 0.1) is 16.0 Å². The molecule has 1 atom stereocenters. The van der Waals surface area contributed by atoms with Gasteiger partial charge in [0.1, 0.15) is 17.4 Å².